The van der Waals surface area contributed by atoms with E-state index in [2.05, 4.69) is 14.3 Å². The van der Waals surface area contributed by atoms with Crippen LogP contribution in [0.25, 0.3) is 0 Å². The van der Waals surface area contributed by atoms with Crippen molar-refractivity contribution >= 4 is 21.9 Å². The zero-order valence-electron chi connectivity index (χ0n) is 5.77. The average Bonchev–Trinajstić information content (AvgIpc) is 1.91. The molecule has 1 heterocycles. The normalized spacial score (nSPS) is 11.2. The van der Waals surface area contributed by atoms with E-state index >= 15 is 0 Å². The van der Waals surface area contributed by atoms with Crippen LogP contribution >= 0.6 is 11.6 Å². The van der Waals surface area contributed by atoms with E-state index in [0.29, 0.717) is 0 Å². The molecule has 0 bridgehead atoms. The molecule has 0 spiro atoms. The molecule has 0 aromatic carbocycles. The van der Waals surface area contributed by atoms with Crippen molar-refractivity contribution in [1.82, 2.24) is 4.98 Å². The number of hydrogen-bond acceptors (Lipinski definition) is 4. The molecular formula is C5H5ClN2O3S. The molecule has 0 atom stereocenters. The lowest BCUT2D eigenvalue weighted by Gasteiger charge is -2.01. The molecule has 0 aliphatic carbocycles. The van der Waals surface area contributed by atoms with E-state index in [1.54, 1.807) is 0 Å². The molecule has 0 fully saturated rings. The van der Waals surface area contributed by atoms with Gasteiger partial charge in [-0.3, -0.25) is 0 Å². The highest BCUT2D eigenvalue weighted by Crippen LogP contribution is 2.20. The van der Waals surface area contributed by atoms with Crippen molar-refractivity contribution < 1.29 is 12.6 Å². The largest absolute Gasteiger partial charge is 0.380 e. The number of nitrogens with two attached hydrogens (primary N) is 1. The first-order valence-corrected chi connectivity index (χ1v) is 4.67. The van der Waals surface area contributed by atoms with Crippen LogP contribution in [0.4, 0.5) is 0 Å². The van der Waals surface area contributed by atoms with Crippen LogP contribution in [0.2, 0.25) is 5.15 Å². The van der Waals surface area contributed by atoms with Crippen molar-refractivity contribution in [2.45, 2.75) is 0 Å². The van der Waals surface area contributed by atoms with Crippen LogP contribution in [0, 0.1) is 0 Å². The smallest absolute Gasteiger partial charge is 0.368 e. The number of pyridine rings is 1. The number of aromatic nitrogens is 1. The lowest BCUT2D eigenvalue weighted by Crippen LogP contribution is -2.19. The van der Waals surface area contributed by atoms with Gasteiger partial charge in [0.1, 0.15) is 0 Å². The van der Waals surface area contributed by atoms with Gasteiger partial charge in [-0.1, -0.05) is 11.6 Å². The molecule has 0 aliphatic rings. The Morgan fingerprint density at radius 2 is 2.25 bits per heavy atom. The molecule has 12 heavy (non-hydrogen) atoms. The second-order valence-electron chi connectivity index (χ2n) is 1.87. The fourth-order valence-electron chi connectivity index (χ4n) is 0.559. The van der Waals surface area contributed by atoms with E-state index in [1.165, 1.54) is 18.3 Å². The summed E-state index contributed by atoms with van der Waals surface area (Å²) < 4.78 is 25.1. The highest BCUT2D eigenvalue weighted by molar-refractivity contribution is 7.84. The van der Waals surface area contributed by atoms with Crippen molar-refractivity contribution in [2.24, 2.45) is 5.14 Å². The topological polar surface area (TPSA) is 82.3 Å². The van der Waals surface area contributed by atoms with Gasteiger partial charge in [-0.25, -0.2) is 4.98 Å². The van der Waals surface area contributed by atoms with E-state index in [9.17, 15) is 8.42 Å². The highest BCUT2D eigenvalue weighted by Gasteiger charge is 2.08. The molecule has 0 radical (unpaired) electrons. The molecule has 0 unspecified atom stereocenters. The molecule has 1 aromatic heterocycles. The van der Waals surface area contributed by atoms with Gasteiger partial charge in [0.2, 0.25) is 0 Å². The van der Waals surface area contributed by atoms with Crippen LogP contribution < -0.4 is 9.32 Å². The molecule has 2 N–H and O–H groups in total. The zero-order valence-corrected chi connectivity index (χ0v) is 7.34. The Hall–Kier alpha value is -0.850. The van der Waals surface area contributed by atoms with E-state index in [0.717, 1.165) is 0 Å². The third kappa shape index (κ3) is 2.65. The number of rotatable bonds is 2. The molecule has 0 saturated carbocycles. The third-order valence-corrected chi connectivity index (χ3v) is 1.63. The Morgan fingerprint density at radius 3 is 2.75 bits per heavy atom. The lowest BCUT2D eigenvalue weighted by atomic mass is 10.5. The van der Waals surface area contributed by atoms with E-state index in [1.807, 2.05) is 0 Å². The van der Waals surface area contributed by atoms with Crippen molar-refractivity contribution in [1.29, 1.82) is 0 Å². The fourth-order valence-corrected chi connectivity index (χ4v) is 1.15. The summed E-state index contributed by atoms with van der Waals surface area (Å²) in [5.74, 6) is -0.0818. The average molecular weight is 209 g/mol. The van der Waals surface area contributed by atoms with Gasteiger partial charge in [-0.2, -0.15) is 13.6 Å². The summed E-state index contributed by atoms with van der Waals surface area (Å²) in [5, 5.41) is 4.55. The summed E-state index contributed by atoms with van der Waals surface area (Å²) in [6.07, 6.45) is 1.40. The van der Waals surface area contributed by atoms with Gasteiger partial charge in [0.05, 0.1) is 0 Å². The van der Waals surface area contributed by atoms with Crippen LogP contribution in [0.15, 0.2) is 18.3 Å². The third-order valence-electron chi connectivity index (χ3n) is 0.931. The minimum Gasteiger partial charge on any atom is -0.368 e. The van der Waals surface area contributed by atoms with Crippen molar-refractivity contribution in [2.75, 3.05) is 0 Å². The van der Waals surface area contributed by atoms with Crippen molar-refractivity contribution in [3.63, 3.8) is 0 Å². The zero-order chi connectivity index (χ0) is 9.19. The van der Waals surface area contributed by atoms with Gasteiger partial charge in [-0.15, -0.1) is 0 Å². The predicted octanol–water partition coefficient (Wildman–Crippen LogP) is 0.317. The molecule has 1 aromatic rings. The molecule has 66 valence electrons. The molecule has 7 heteroatoms. The first kappa shape index (κ1) is 9.24. The van der Waals surface area contributed by atoms with Crippen LogP contribution in [-0.2, 0) is 10.3 Å². The number of halogens is 1. The Bertz CT molecular complexity index is 378. The summed E-state index contributed by atoms with van der Waals surface area (Å²) in [5.41, 5.74) is 0. The van der Waals surface area contributed by atoms with Gasteiger partial charge in [0.25, 0.3) is 0 Å². The van der Waals surface area contributed by atoms with Gasteiger partial charge in [0, 0.05) is 6.20 Å². The molecule has 0 amide bonds. The Morgan fingerprint density at radius 1 is 1.58 bits per heavy atom. The second-order valence-corrected chi connectivity index (χ2v) is 3.38. The molecule has 0 aliphatic heterocycles. The molecule has 1 rings (SSSR count). The number of hydrogen-bond donors (Lipinski definition) is 1. The van der Waals surface area contributed by atoms with E-state index < -0.39 is 10.3 Å². The monoisotopic (exact) mass is 208 g/mol. The Kier molecular flexibility index (Phi) is 2.51. The predicted molar refractivity (Wildman–Crippen MR) is 43.0 cm³/mol. The summed E-state index contributed by atoms with van der Waals surface area (Å²) in [6.45, 7) is 0. The Balaban J connectivity index is 2.98. The molecular weight excluding hydrogens is 204 g/mol. The van der Waals surface area contributed by atoms with Crippen LogP contribution in [0.1, 0.15) is 0 Å². The van der Waals surface area contributed by atoms with Gasteiger partial charge in [0.15, 0.2) is 10.9 Å². The maximum atomic E-state index is 10.4. The standard InChI is InChI=1S/C5H5ClN2O3S/c6-5-4(2-1-3-8-5)11-12(7,9)10/h1-3H,(H2,7,9,10). The van der Waals surface area contributed by atoms with Crippen LogP contribution in [0.5, 0.6) is 5.75 Å². The summed E-state index contributed by atoms with van der Waals surface area (Å²) >= 11 is 5.47. The second kappa shape index (κ2) is 3.26. The van der Waals surface area contributed by atoms with Crippen LogP contribution in [-0.4, -0.2) is 13.4 Å². The number of nitrogens with zero attached hydrogens (tertiary/aromatic N) is 1. The van der Waals surface area contributed by atoms with Crippen LogP contribution in [0.3, 0.4) is 0 Å². The maximum absolute atomic E-state index is 10.4. The van der Waals surface area contributed by atoms with Crippen molar-refractivity contribution in [3.8, 4) is 5.75 Å². The SMILES string of the molecule is NS(=O)(=O)Oc1cccnc1Cl. The first-order chi connectivity index (χ1) is 5.49. The molecule has 0 saturated heterocycles. The quantitative estimate of drug-likeness (QED) is 0.710. The maximum Gasteiger partial charge on any atom is 0.380 e. The van der Waals surface area contributed by atoms with Gasteiger partial charge >= 0.3 is 10.3 Å². The Labute approximate surface area is 74.4 Å². The summed E-state index contributed by atoms with van der Waals surface area (Å²) in [4.78, 5) is 3.58. The summed E-state index contributed by atoms with van der Waals surface area (Å²) in [6, 6.07) is 2.83. The van der Waals surface area contributed by atoms with Crippen molar-refractivity contribution in [3.05, 3.63) is 23.5 Å². The minimum atomic E-state index is -4.02. The minimum absolute atomic E-state index is 0.0495. The molecule has 5 nitrogen and oxygen atoms in total. The fraction of sp³-hybridized carbons (Fsp3) is 0. The summed E-state index contributed by atoms with van der Waals surface area (Å²) in [7, 11) is -4.02. The van der Waals surface area contributed by atoms with Gasteiger partial charge < -0.3 is 4.18 Å². The van der Waals surface area contributed by atoms with E-state index in [4.69, 9.17) is 11.6 Å². The van der Waals surface area contributed by atoms with Gasteiger partial charge in [-0.05, 0) is 12.1 Å². The van der Waals surface area contributed by atoms with E-state index in [-0.39, 0.29) is 10.9 Å². The lowest BCUT2D eigenvalue weighted by molar-refractivity contribution is 0.486. The highest BCUT2D eigenvalue weighted by atomic mass is 35.5. The first-order valence-electron chi connectivity index (χ1n) is 2.82.